The van der Waals surface area contributed by atoms with Crippen LogP contribution in [0.2, 0.25) is 0 Å². The Morgan fingerprint density at radius 1 is 1.67 bits per heavy atom. The quantitative estimate of drug-likeness (QED) is 0.395. The summed E-state index contributed by atoms with van der Waals surface area (Å²) in [7, 11) is 0. The second kappa shape index (κ2) is 5.22. The molecule has 0 heterocycles. The van der Waals surface area contributed by atoms with E-state index in [2.05, 4.69) is 0 Å². The van der Waals surface area contributed by atoms with Gasteiger partial charge in [0.15, 0.2) is 12.1 Å². The van der Waals surface area contributed by atoms with Gasteiger partial charge in [0.05, 0.1) is 0 Å². The SMILES string of the molecule is CC(=O)C=O.[Zr]. The van der Waals surface area contributed by atoms with E-state index >= 15 is 0 Å². The van der Waals surface area contributed by atoms with Crippen LogP contribution in [-0.2, 0) is 35.8 Å². The summed E-state index contributed by atoms with van der Waals surface area (Å²) in [6, 6.07) is 0. The molecule has 0 fully saturated rings. The van der Waals surface area contributed by atoms with Crippen molar-refractivity contribution in [3.8, 4) is 0 Å². The van der Waals surface area contributed by atoms with Gasteiger partial charge < -0.3 is 0 Å². The minimum atomic E-state index is -0.426. The summed E-state index contributed by atoms with van der Waals surface area (Å²) in [6.45, 7) is 1.22. The van der Waals surface area contributed by atoms with Crippen LogP contribution in [0.5, 0.6) is 0 Å². The van der Waals surface area contributed by atoms with E-state index in [1.54, 1.807) is 0 Å². The molecule has 0 bridgehead atoms. The molecule has 0 rings (SSSR count). The molecule has 0 spiro atoms. The molecular weight excluding hydrogens is 159 g/mol. The zero-order chi connectivity index (χ0) is 4.28. The zero-order valence-electron chi connectivity index (χ0n) is 3.39. The Bertz CT molecular complexity index is 59.8. The average molecular weight is 163 g/mol. The van der Waals surface area contributed by atoms with Gasteiger partial charge in [0.2, 0.25) is 0 Å². The van der Waals surface area contributed by atoms with Gasteiger partial charge in [-0.3, -0.25) is 9.59 Å². The first-order valence-corrected chi connectivity index (χ1v) is 1.23. The van der Waals surface area contributed by atoms with Crippen LogP contribution < -0.4 is 0 Å². The average Bonchev–Trinajstić information content (AvgIpc) is 1.38. The molecule has 2 nitrogen and oxygen atoms in total. The fraction of sp³-hybridized carbons (Fsp3) is 0.333. The molecule has 0 aromatic carbocycles. The molecule has 32 valence electrons. The van der Waals surface area contributed by atoms with Gasteiger partial charge in [0.25, 0.3) is 0 Å². The molecule has 0 amide bonds. The van der Waals surface area contributed by atoms with Crippen LogP contribution in [0.15, 0.2) is 0 Å². The first-order chi connectivity index (χ1) is 2.27. The minimum Gasteiger partial charge on any atom is -0.295 e. The van der Waals surface area contributed by atoms with Crippen molar-refractivity contribution in [3.63, 3.8) is 0 Å². The van der Waals surface area contributed by atoms with E-state index in [-0.39, 0.29) is 32.5 Å². The van der Waals surface area contributed by atoms with Crippen molar-refractivity contribution in [1.82, 2.24) is 0 Å². The Labute approximate surface area is 55.0 Å². The predicted molar refractivity (Wildman–Crippen MR) is 16.7 cm³/mol. The summed E-state index contributed by atoms with van der Waals surface area (Å²) in [6.07, 6.45) is 0.278. The molecular formula is C3H4O2Zr. The molecule has 0 aliphatic heterocycles. The topological polar surface area (TPSA) is 34.1 Å². The number of hydrogen-bond donors (Lipinski definition) is 0. The first kappa shape index (κ1) is 9.52. The first-order valence-electron chi connectivity index (χ1n) is 1.23. The summed E-state index contributed by atoms with van der Waals surface area (Å²) < 4.78 is 0. The number of ketones is 1. The number of carbonyl (C=O) groups is 2. The van der Waals surface area contributed by atoms with Crippen LogP contribution in [0.25, 0.3) is 0 Å². The monoisotopic (exact) mass is 162 g/mol. The van der Waals surface area contributed by atoms with Crippen LogP contribution in [0, 0.1) is 0 Å². The maximum atomic E-state index is 9.44. The van der Waals surface area contributed by atoms with E-state index in [9.17, 15) is 4.79 Å². The molecule has 0 radical (unpaired) electrons. The van der Waals surface area contributed by atoms with E-state index in [1.807, 2.05) is 0 Å². The van der Waals surface area contributed by atoms with Crippen molar-refractivity contribution < 1.29 is 35.8 Å². The fourth-order valence-corrected chi connectivity index (χ4v) is 0. The second-order valence-corrected chi connectivity index (χ2v) is 0.729. The van der Waals surface area contributed by atoms with E-state index in [0.717, 1.165) is 0 Å². The summed E-state index contributed by atoms with van der Waals surface area (Å²) >= 11 is 0. The molecule has 0 atom stereocenters. The van der Waals surface area contributed by atoms with Crippen molar-refractivity contribution in [3.05, 3.63) is 0 Å². The molecule has 0 saturated carbocycles. The Hall–Kier alpha value is 0.223. The molecule has 0 aliphatic carbocycles. The number of hydrogen-bond acceptors (Lipinski definition) is 2. The third-order valence-electron chi connectivity index (χ3n) is 0.166. The normalized spacial score (nSPS) is 5.50. The number of carbonyl (C=O) groups excluding carboxylic acids is 2. The maximum Gasteiger partial charge on any atom is 0.192 e. The van der Waals surface area contributed by atoms with Crippen LogP contribution in [0.1, 0.15) is 6.92 Å². The molecule has 0 aromatic rings. The van der Waals surface area contributed by atoms with Gasteiger partial charge in [-0.25, -0.2) is 0 Å². The molecule has 0 saturated heterocycles. The van der Waals surface area contributed by atoms with Gasteiger partial charge in [-0.1, -0.05) is 0 Å². The van der Waals surface area contributed by atoms with Crippen molar-refractivity contribution in [1.29, 1.82) is 0 Å². The Kier molecular flexibility index (Phi) is 8.29. The van der Waals surface area contributed by atoms with Gasteiger partial charge in [-0.05, 0) is 0 Å². The van der Waals surface area contributed by atoms with Gasteiger partial charge in [-0.2, -0.15) is 0 Å². The zero-order valence-corrected chi connectivity index (χ0v) is 5.85. The third kappa shape index (κ3) is 8.88. The van der Waals surface area contributed by atoms with Gasteiger partial charge in [0.1, 0.15) is 0 Å². The van der Waals surface area contributed by atoms with Crippen molar-refractivity contribution in [2.45, 2.75) is 6.92 Å². The van der Waals surface area contributed by atoms with Gasteiger partial charge in [-0.15, -0.1) is 0 Å². The Morgan fingerprint density at radius 3 is 1.83 bits per heavy atom. The van der Waals surface area contributed by atoms with Gasteiger partial charge >= 0.3 is 0 Å². The third-order valence-corrected chi connectivity index (χ3v) is 0.166. The number of aldehydes is 1. The number of rotatable bonds is 1. The summed E-state index contributed by atoms with van der Waals surface area (Å²) in [5.74, 6) is -0.426. The minimum absolute atomic E-state index is 0. The molecule has 0 aromatic heterocycles. The van der Waals surface area contributed by atoms with Crippen molar-refractivity contribution >= 4 is 12.1 Å². The maximum absolute atomic E-state index is 9.44. The van der Waals surface area contributed by atoms with Crippen LogP contribution in [0.4, 0.5) is 0 Å². The summed E-state index contributed by atoms with van der Waals surface area (Å²) in [5.41, 5.74) is 0. The molecule has 6 heavy (non-hydrogen) atoms. The summed E-state index contributed by atoms with van der Waals surface area (Å²) in [5, 5.41) is 0. The predicted octanol–water partition coefficient (Wildman–Crippen LogP) is -0.228. The van der Waals surface area contributed by atoms with Gasteiger partial charge in [0, 0.05) is 33.1 Å². The van der Waals surface area contributed by atoms with Crippen LogP contribution >= 0.6 is 0 Å². The van der Waals surface area contributed by atoms with Crippen molar-refractivity contribution in [2.24, 2.45) is 0 Å². The smallest absolute Gasteiger partial charge is 0.192 e. The second-order valence-electron chi connectivity index (χ2n) is 0.729. The largest absolute Gasteiger partial charge is 0.295 e. The van der Waals surface area contributed by atoms with E-state index in [0.29, 0.717) is 0 Å². The Morgan fingerprint density at radius 2 is 1.83 bits per heavy atom. The van der Waals surface area contributed by atoms with E-state index in [1.165, 1.54) is 6.92 Å². The Balaban J connectivity index is 0. The summed E-state index contributed by atoms with van der Waals surface area (Å²) in [4.78, 5) is 18.6. The van der Waals surface area contributed by atoms with Crippen LogP contribution in [0.3, 0.4) is 0 Å². The molecule has 0 aliphatic rings. The van der Waals surface area contributed by atoms with E-state index in [4.69, 9.17) is 4.79 Å². The van der Waals surface area contributed by atoms with Crippen molar-refractivity contribution in [2.75, 3.05) is 0 Å². The fourth-order valence-electron chi connectivity index (χ4n) is 0. The van der Waals surface area contributed by atoms with Crippen LogP contribution in [-0.4, -0.2) is 12.1 Å². The van der Waals surface area contributed by atoms with E-state index < -0.39 is 5.78 Å². The molecule has 3 heteroatoms. The standard InChI is InChI=1S/C3H4O2.Zr/c1-3(5)2-4;/h2H,1H3;. The molecule has 0 unspecified atom stereocenters. The molecule has 0 N–H and O–H groups in total. The number of Topliss-reactive ketones (excluding diaryl/α,β-unsaturated/α-hetero) is 1.